The summed E-state index contributed by atoms with van der Waals surface area (Å²) in [6, 6.07) is 0. The van der Waals surface area contributed by atoms with Crippen molar-refractivity contribution in [3.63, 3.8) is 0 Å². The van der Waals surface area contributed by atoms with E-state index in [2.05, 4.69) is 21.1 Å². The maximum Gasteiger partial charge on any atom is 0.310 e. The number of rotatable bonds is 4. The predicted molar refractivity (Wildman–Crippen MR) is 85.1 cm³/mol. The number of hydrogen-bond acceptors (Lipinski definition) is 4. The van der Waals surface area contributed by atoms with E-state index in [1.54, 1.807) is 0 Å². The Labute approximate surface area is 134 Å². The standard InChI is InChI=1S/C17H32NO4/c1-16(2,3)21-14(19)12-11(10-18(7,8)9)13(12)15(20)22-17(4,5)6/h11-13H,10H2,1-9H3/q+1/t12-,13-/m1/s1. The van der Waals surface area contributed by atoms with Crippen molar-refractivity contribution in [1.29, 1.82) is 0 Å². The minimum absolute atomic E-state index is 0.00954. The van der Waals surface area contributed by atoms with Gasteiger partial charge in [-0.15, -0.1) is 0 Å². The van der Waals surface area contributed by atoms with Gasteiger partial charge in [0, 0.05) is 5.92 Å². The van der Waals surface area contributed by atoms with Gasteiger partial charge in [0.1, 0.15) is 11.2 Å². The van der Waals surface area contributed by atoms with Gasteiger partial charge in [-0.1, -0.05) is 0 Å². The molecular weight excluding hydrogens is 282 g/mol. The molecule has 0 aromatic rings. The second kappa shape index (κ2) is 5.84. The quantitative estimate of drug-likeness (QED) is 0.590. The fraction of sp³-hybridized carbons (Fsp3) is 0.882. The highest BCUT2D eigenvalue weighted by Gasteiger charge is 2.63. The van der Waals surface area contributed by atoms with Crippen LogP contribution >= 0.6 is 0 Å². The van der Waals surface area contributed by atoms with E-state index in [9.17, 15) is 9.59 Å². The Kier molecular flexibility index (Phi) is 5.03. The SMILES string of the molecule is CC(C)(C)OC(=O)[C@@H]1C(C[N+](C)(C)C)[C@H]1C(=O)OC(C)(C)C. The molecule has 5 heteroatoms. The number of hydrogen-bond donors (Lipinski definition) is 0. The molecule has 0 aliphatic heterocycles. The van der Waals surface area contributed by atoms with Gasteiger partial charge in [0.25, 0.3) is 0 Å². The fourth-order valence-electron chi connectivity index (χ4n) is 2.62. The number of ether oxygens (including phenoxy) is 2. The topological polar surface area (TPSA) is 52.6 Å². The van der Waals surface area contributed by atoms with Crippen molar-refractivity contribution in [1.82, 2.24) is 0 Å². The Balaban J connectivity index is 2.83. The van der Waals surface area contributed by atoms with Crippen LogP contribution in [0.25, 0.3) is 0 Å². The molecule has 0 aromatic carbocycles. The zero-order valence-electron chi connectivity index (χ0n) is 15.5. The van der Waals surface area contributed by atoms with Gasteiger partial charge in [0.15, 0.2) is 0 Å². The van der Waals surface area contributed by atoms with Crippen LogP contribution in [0, 0.1) is 17.8 Å². The molecule has 128 valence electrons. The molecule has 1 rings (SSSR count). The molecule has 0 amide bonds. The zero-order chi connectivity index (χ0) is 17.5. The van der Waals surface area contributed by atoms with Crippen LogP contribution in [0.5, 0.6) is 0 Å². The molecule has 5 nitrogen and oxygen atoms in total. The van der Waals surface area contributed by atoms with E-state index in [0.717, 1.165) is 6.54 Å². The zero-order valence-corrected chi connectivity index (χ0v) is 15.5. The highest BCUT2D eigenvalue weighted by Crippen LogP contribution is 2.49. The van der Waals surface area contributed by atoms with E-state index in [0.29, 0.717) is 4.48 Å². The summed E-state index contributed by atoms with van der Waals surface area (Å²) < 4.78 is 11.6. The average Bonchev–Trinajstić information content (AvgIpc) is 2.83. The Morgan fingerprint density at radius 1 is 0.818 bits per heavy atom. The van der Waals surface area contributed by atoms with Crippen LogP contribution in [0.2, 0.25) is 0 Å². The number of nitrogens with zero attached hydrogens (tertiary/aromatic N) is 1. The minimum Gasteiger partial charge on any atom is -0.460 e. The summed E-state index contributed by atoms with van der Waals surface area (Å²) in [7, 11) is 6.16. The lowest BCUT2D eigenvalue weighted by Gasteiger charge is -2.24. The van der Waals surface area contributed by atoms with Gasteiger partial charge in [-0.3, -0.25) is 9.59 Å². The van der Waals surface area contributed by atoms with Crippen LogP contribution < -0.4 is 0 Å². The molecule has 1 saturated carbocycles. The van der Waals surface area contributed by atoms with Gasteiger partial charge in [0.2, 0.25) is 0 Å². The van der Waals surface area contributed by atoms with Crippen molar-refractivity contribution in [2.75, 3.05) is 27.7 Å². The number of carbonyl (C=O) groups excluding carboxylic acids is 2. The van der Waals surface area contributed by atoms with E-state index < -0.39 is 11.2 Å². The molecule has 0 spiro atoms. The summed E-state index contributed by atoms with van der Waals surface area (Å²) >= 11 is 0. The van der Waals surface area contributed by atoms with Crippen molar-refractivity contribution >= 4 is 11.9 Å². The first-order valence-electron chi connectivity index (χ1n) is 7.87. The molecule has 1 fully saturated rings. The van der Waals surface area contributed by atoms with Crippen molar-refractivity contribution in [3.05, 3.63) is 0 Å². The molecule has 1 aliphatic rings. The lowest BCUT2D eigenvalue weighted by molar-refractivity contribution is -0.872. The van der Waals surface area contributed by atoms with Gasteiger partial charge in [-0.2, -0.15) is 0 Å². The van der Waals surface area contributed by atoms with Gasteiger partial charge < -0.3 is 14.0 Å². The summed E-state index contributed by atoms with van der Waals surface area (Å²) in [6.45, 7) is 11.8. The molecule has 2 atom stereocenters. The second-order valence-electron chi connectivity index (χ2n) is 9.26. The number of carbonyl (C=O) groups is 2. The van der Waals surface area contributed by atoms with E-state index in [4.69, 9.17) is 9.47 Å². The van der Waals surface area contributed by atoms with Gasteiger partial charge >= 0.3 is 11.9 Å². The maximum atomic E-state index is 12.4. The lowest BCUT2D eigenvalue weighted by atomic mass is 10.2. The smallest absolute Gasteiger partial charge is 0.310 e. The van der Waals surface area contributed by atoms with E-state index in [1.165, 1.54) is 0 Å². The molecule has 0 heterocycles. The molecule has 0 bridgehead atoms. The first kappa shape index (κ1) is 18.9. The van der Waals surface area contributed by atoms with E-state index >= 15 is 0 Å². The molecule has 0 N–H and O–H groups in total. The van der Waals surface area contributed by atoms with Crippen LogP contribution in [0.1, 0.15) is 41.5 Å². The molecule has 0 aromatic heterocycles. The van der Waals surface area contributed by atoms with Crippen molar-refractivity contribution in [3.8, 4) is 0 Å². The maximum absolute atomic E-state index is 12.4. The minimum atomic E-state index is -0.542. The summed E-state index contributed by atoms with van der Waals surface area (Å²) in [6.07, 6.45) is 0. The van der Waals surface area contributed by atoms with Crippen molar-refractivity contribution in [2.24, 2.45) is 17.8 Å². The Morgan fingerprint density at radius 3 is 1.36 bits per heavy atom. The third kappa shape index (κ3) is 5.95. The van der Waals surface area contributed by atoms with Crippen molar-refractivity contribution < 1.29 is 23.5 Å². The second-order valence-corrected chi connectivity index (χ2v) is 9.26. The lowest BCUT2D eigenvalue weighted by Crippen LogP contribution is -2.37. The Bertz CT molecular complexity index is 403. The number of quaternary nitrogens is 1. The molecule has 0 saturated heterocycles. The molecular formula is C17H32NO4+. The monoisotopic (exact) mass is 314 g/mol. The summed E-state index contributed by atoms with van der Waals surface area (Å²) in [5.41, 5.74) is -1.08. The molecule has 0 unspecified atom stereocenters. The Morgan fingerprint density at radius 2 is 1.14 bits per heavy atom. The van der Waals surface area contributed by atoms with Crippen LogP contribution in [0.15, 0.2) is 0 Å². The summed E-state index contributed by atoms with van der Waals surface area (Å²) in [4.78, 5) is 24.7. The van der Waals surface area contributed by atoms with Gasteiger partial charge in [-0.05, 0) is 41.5 Å². The first-order valence-corrected chi connectivity index (χ1v) is 7.87. The average molecular weight is 314 g/mol. The normalized spacial score (nSPS) is 25.6. The van der Waals surface area contributed by atoms with Gasteiger partial charge in [-0.25, -0.2) is 0 Å². The van der Waals surface area contributed by atoms with E-state index in [1.807, 2.05) is 41.5 Å². The summed E-state index contributed by atoms with van der Waals surface area (Å²) in [5, 5.41) is 0. The highest BCUT2D eigenvalue weighted by atomic mass is 16.6. The van der Waals surface area contributed by atoms with Crippen LogP contribution in [0.3, 0.4) is 0 Å². The summed E-state index contributed by atoms with van der Waals surface area (Å²) in [5.74, 6) is -1.36. The van der Waals surface area contributed by atoms with Gasteiger partial charge in [0.05, 0.1) is 39.5 Å². The number of esters is 2. The van der Waals surface area contributed by atoms with Crippen LogP contribution in [-0.4, -0.2) is 55.3 Å². The largest absolute Gasteiger partial charge is 0.460 e. The fourth-order valence-corrected chi connectivity index (χ4v) is 2.62. The van der Waals surface area contributed by atoms with Crippen molar-refractivity contribution in [2.45, 2.75) is 52.7 Å². The first-order chi connectivity index (χ1) is 9.61. The third-order valence-corrected chi connectivity index (χ3v) is 3.28. The van der Waals surface area contributed by atoms with Crippen LogP contribution in [0.4, 0.5) is 0 Å². The highest BCUT2D eigenvalue weighted by molar-refractivity contribution is 5.88. The molecule has 22 heavy (non-hydrogen) atoms. The third-order valence-electron chi connectivity index (χ3n) is 3.28. The van der Waals surface area contributed by atoms with Crippen LogP contribution in [-0.2, 0) is 19.1 Å². The molecule has 1 aliphatic carbocycles. The van der Waals surface area contributed by atoms with E-state index in [-0.39, 0.29) is 29.7 Å². The Hall–Kier alpha value is -1.10. The molecule has 0 radical (unpaired) electrons. The predicted octanol–water partition coefficient (Wildman–Crippen LogP) is 2.24.